The van der Waals surface area contributed by atoms with E-state index in [-0.39, 0.29) is 60.8 Å². The number of phenols is 3. The molecule has 2 aromatic rings. The molecular weight excluding hydrogens is 1100 g/mol. The molecule has 6 saturated heterocycles. The van der Waals surface area contributed by atoms with Crippen LogP contribution in [0.1, 0.15) is 168 Å². The van der Waals surface area contributed by atoms with Gasteiger partial charge in [-0.15, -0.1) is 0 Å². The van der Waals surface area contributed by atoms with Gasteiger partial charge >= 0.3 is 0 Å². The minimum Gasteiger partial charge on any atom is -0.507 e. The Morgan fingerprint density at radius 1 is 0.500 bits per heavy atom. The van der Waals surface area contributed by atoms with Crippen LogP contribution < -0.4 is 0 Å². The second kappa shape index (κ2) is 25.5. The molecule has 470 valence electrons. The number of nitrogens with zero attached hydrogens (tertiary/aromatic N) is 2. The molecule has 0 amide bonds. The number of aromatic hydroxyl groups is 3. The number of ketones is 2. The molecule has 24 heteroatoms. The maximum absolute atomic E-state index is 14.5. The molecule has 24 nitrogen and oxygen atoms in total. The van der Waals surface area contributed by atoms with Gasteiger partial charge in [0.2, 0.25) is 5.78 Å². The largest absolute Gasteiger partial charge is 0.507 e. The number of aliphatic hydroxyl groups is 5. The van der Waals surface area contributed by atoms with Crippen molar-refractivity contribution in [3.05, 3.63) is 51.6 Å². The van der Waals surface area contributed by atoms with Gasteiger partial charge in [-0.3, -0.25) is 9.59 Å². The van der Waals surface area contributed by atoms with Crippen molar-refractivity contribution in [1.82, 2.24) is 9.80 Å². The monoisotopic (exact) mass is 1190 g/mol. The van der Waals surface area contributed by atoms with Crippen molar-refractivity contribution in [2.24, 2.45) is 0 Å². The molecule has 25 atom stereocenters. The van der Waals surface area contributed by atoms with Gasteiger partial charge in [-0.05, 0) is 95.1 Å². The third kappa shape index (κ3) is 12.4. The number of phenolic OH excluding ortho intramolecular Hbond substituents is 3. The Balaban J connectivity index is 0.894. The topological polar surface area (TPSA) is 313 Å². The van der Waals surface area contributed by atoms with E-state index in [4.69, 9.17) is 56.8 Å². The third-order valence-electron chi connectivity index (χ3n) is 18.7. The van der Waals surface area contributed by atoms with E-state index in [2.05, 4.69) is 0 Å². The molecule has 10 rings (SSSR count). The van der Waals surface area contributed by atoms with E-state index >= 15 is 0 Å². The molecule has 0 spiro atoms. The molecule has 0 aromatic heterocycles. The van der Waals surface area contributed by atoms with E-state index in [9.17, 15) is 50.4 Å². The molecule has 6 heterocycles. The standard InChI is InChI=1S/C60H88N2O22/c1-12-60(72)24-39(79-42-20-32(61(8)9)55(27(4)75-42)82-44-22-37(66)57(29(6)77-44)80-40-18-16-34(63)25(2)73-40)47-50(54(71)48-49(53(47)70)52(69)46-31(51(48)68)14-13-15-36(46)65)59(60)84-43-21-33(62(10)11)56(28(5)76-43)83-45-23-38(67)58(30(7)78-45)81-41-19-17-35(64)26(3)74-41/h13-15,25-30,32-35,37-45,55-59,63-67,70-72H,12,16-24H2,1-11H3/t25-,26-,27-,28-,29-,30-,32-,33-,34-,35-,37-,38-,39-,40-,41-,42-,43-,44-,45-,55+,56+,57+,58+,59+,60+/m0/s1. The van der Waals surface area contributed by atoms with Crippen LogP contribution in [0.15, 0.2) is 18.2 Å². The lowest BCUT2D eigenvalue weighted by Gasteiger charge is -2.50. The van der Waals surface area contributed by atoms with Crippen LogP contribution in [-0.4, -0.2) is 231 Å². The average molecular weight is 1190 g/mol. The van der Waals surface area contributed by atoms with Gasteiger partial charge in [0, 0.05) is 73.7 Å². The summed E-state index contributed by atoms with van der Waals surface area (Å²) in [6.07, 6.45) is -15.2. The van der Waals surface area contributed by atoms with Crippen molar-refractivity contribution in [2.45, 2.75) is 266 Å². The molecule has 0 saturated carbocycles. The predicted octanol–water partition coefficient (Wildman–Crippen LogP) is 3.67. The summed E-state index contributed by atoms with van der Waals surface area (Å²) in [5, 5.41) is 92.5. The zero-order chi connectivity index (χ0) is 60.5. The Labute approximate surface area is 490 Å². The summed E-state index contributed by atoms with van der Waals surface area (Å²) in [4.78, 5) is 33.0. The zero-order valence-corrected chi connectivity index (χ0v) is 49.8. The van der Waals surface area contributed by atoms with Gasteiger partial charge in [0.05, 0.1) is 89.4 Å². The lowest BCUT2D eigenvalue weighted by Crippen LogP contribution is -2.58. The first kappa shape index (κ1) is 63.4. The van der Waals surface area contributed by atoms with Gasteiger partial charge in [-0.1, -0.05) is 19.1 Å². The number of ether oxygens (including phenoxy) is 12. The number of aliphatic hydroxyl groups excluding tert-OH is 4. The quantitative estimate of drug-likeness (QED) is 0.101. The van der Waals surface area contributed by atoms with E-state index < -0.39 is 193 Å². The van der Waals surface area contributed by atoms with Crippen LogP contribution in [0.3, 0.4) is 0 Å². The van der Waals surface area contributed by atoms with Gasteiger partial charge in [-0.2, -0.15) is 0 Å². The number of hydrogen-bond acceptors (Lipinski definition) is 24. The van der Waals surface area contributed by atoms with Gasteiger partial charge in [0.25, 0.3) is 0 Å². The van der Waals surface area contributed by atoms with Crippen LogP contribution in [0.5, 0.6) is 17.2 Å². The summed E-state index contributed by atoms with van der Waals surface area (Å²) in [5.41, 5.74) is -3.88. The summed E-state index contributed by atoms with van der Waals surface area (Å²) < 4.78 is 76.9. The summed E-state index contributed by atoms with van der Waals surface area (Å²) in [6.45, 7) is 12.4. The van der Waals surface area contributed by atoms with Crippen molar-refractivity contribution < 1.29 is 107 Å². The minimum atomic E-state index is -1.91. The van der Waals surface area contributed by atoms with E-state index in [1.165, 1.54) is 18.2 Å². The van der Waals surface area contributed by atoms with E-state index in [1.54, 1.807) is 48.5 Å². The fourth-order valence-electron chi connectivity index (χ4n) is 13.8. The number of fused-ring (bicyclic) bond motifs is 3. The SMILES string of the molecule is CC[C@@]1(O)C[C@H](O[C@H]2C[C@H](N(C)C)[C@H](O[C@H]3C[C@H](O)[C@H](O[C@H]4CC[C@H](O)[C@H](C)O4)[C@H](C)O3)[C@H](C)O2)c2c(O)c3c(c(O)c2[C@H]1O[C@H]1C[C@H](N(C)C)[C@H](O[C@H]2C[C@H](O)[C@H](O[C@H]4CC[C@H](O)[C@H](C)O4)[C@H](C)O2)[C@H](C)O1)C(=O)c1cccc(O)c1C3=O. The highest BCUT2D eigenvalue weighted by Gasteiger charge is 2.56. The zero-order valence-electron chi connectivity index (χ0n) is 49.8. The van der Waals surface area contributed by atoms with E-state index in [1.807, 2.05) is 38.0 Å². The molecular formula is C60H88N2O22. The molecule has 2 aliphatic carbocycles. The highest BCUT2D eigenvalue weighted by Crippen LogP contribution is 2.58. The molecule has 0 radical (unpaired) electrons. The van der Waals surface area contributed by atoms with E-state index in [0.29, 0.717) is 25.7 Å². The lowest BCUT2D eigenvalue weighted by atomic mass is 9.70. The molecule has 0 bridgehead atoms. The normalized spacial score (nSPS) is 42.8. The van der Waals surface area contributed by atoms with Crippen LogP contribution in [-0.2, 0) is 56.8 Å². The Kier molecular flexibility index (Phi) is 19.3. The van der Waals surface area contributed by atoms with Gasteiger partial charge in [-0.25, -0.2) is 0 Å². The van der Waals surface area contributed by atoms with Gasteiger partial charge in [0.1, 0.15) is 47.8 Å². The second-order valence-corrected chi connectivity index (χ2v) is 24.9. The van der Waals surface area contributed by atoms with Crippen molar-refractivity contribution in [3.63, 3.8) is 0 Å². The molecule has 8 N–H and O–H groups in total. The minimum absolute atomic E-state index is 0.00725. The van der Waals surface area contributed by atoms with Crippen LogP contribution in [0.4, 0.5) is 0 Å². The van der Waals surface area contributed by atoms with Crippen LogP contribution >= 0.6 is 0 Å². The average Bonchev–Trinajstić information content (AvgIpc) is 0.985. The summed E-state index contributed by atoms with van der Waals surface area (Å²) in [5.74, 6) is -3.71. The van der Waals surface area contributed by atoms with E-state index in [0.717, 1.165) is 0 Å². The first-order valence-electron chi connectivity index (χ1n) is 29.9. The molecule has 0 unspecified atom stereocenters. The number of benzene rings is 2. The molecule has 2 aromatic carbocycles. The Morgan fingerprint density at radius 3 is 1.37 bits per heavy atom. The molecule has 84 heavy (non-hydrogen) atoms. The van der Waals surface area contributed by atoms with Crippen molar-refractivity contribution in [3.8, 4) is 17.2 Å². The van der Waals surface area contributed by atoms with Gasteiger partial charge < -0.3 is 107 Å². The maximum Gasteiger partial charge on any atom is 0.202 e. The van der Waals surface area contributed by atoms with Gasteiger partial charge in [0.15, 0.2) is 43.5 Å². The van der Waals surface area contributed by atoms with Crippen molar-refractivity contribution in [1.29, 1.82) is 0 Å². The van der Waals surface area contributed by atoms with Crippen LogP contribution in [0.25, 0.3) is 0 Å². The lowest BCUT2D eigenvalue weighted by molar-refractivity contribution is -0.334. The number of carbonyl (C=O) groups is 2. The fraction of sp³-hybridized carbons (Fsp3) is 0.767. The van der Waals surface area contributed by atoms with Crippen LogP contribution in [0, 0.1) is 0 Å². The highest BCUT2D eigenvalue weighted by molar-refractivity contribution is 6.31. The second-order valence-electron chi connectivity index (χ2n) is 24.9. The van der Waals surface area contributed by atoms with Crippen LogP contribution in [0.2, 0.25) is 0 Å². The molecule has 6 fully saturated rings. The fourth-order valence-corrected chi connectivity index (χ4v) is 13.8. The highest BCUT2D eigenvalue weighted by atomic mass is 16.8. The first-order valence-corrected chi connectivity index (χ1v) is 29.9. The Hall–Kier alpha value is -3.58. The Morgan fingerprint density at radius 2 is 0.917 bits per heavy atom. The maximum atomic E-state index is 14.5. The van der Waals surface area contributed by atoms with Crippen molar-refractivity contribution in [2.75, 3.05) is 28.2 Å². The third-order valence-corrected chi connectivity index (χ3v) is 18.7. The number of likely N-dealkylation sites (N-methyl/N-ethyl adjacent to an activating group) is 2. The smallest absolute Gasteiger partial charge is 0.202 e. The summed E-state index contributed by atoms with van der Waals surface area (Å²) in [6, 6.07) is 3.14. The first-order chi connectivity index (χ1) is 39.8. The number of hydrogen-bond donors (Lipinski definition) is 8. The number of carbonyl (C=O) groups excluding carboxylic acids is 2. The summed E-state index contributed by atoms with van der Waals surface area (Å²) in [7, 11) is 7.46. The summed E-state index contributed by atoms with van der Waals surface area (Å²) >= 11 is 0. The molecule has 6 aliphatic heterocycles. The van der Waals surface area contributed by atoms with Crippen molar-refractivity contribution >= 4 is 11.6 Å². The Bertz CT molecular complexity index is 2640. The predicted molar refractivity (Wildman–Crippen MR) is 294 cm³/mol. The number of rotatable bonds is 15. The molecule has 8 aliphatic rings.